The van der Waals surface area contributed by atoms with Gasteiger partial charge in [0.25, 0.3) is 0 Å². The van der Waals surface area contributed by atoms with Gasteiger partial charge in [-0.05, 0) is 57.7 Å². The number of halogens is 3. The molecule has 2 heterocycles. The fraction of sp³-hybridized carbons (Fsp3) is 0.520. The summed E-state index contributed by atoms with van der Waals surface area (Å²) in [4.78, 5) is 33.6. The average molecular weight is 511 g/mol. The number of aliphatic hydroxyl groups is 1. The summed E-state index contributed by atoms with van der Waals surface area (Å²) in [6, 6.07) is 5.44. The Balaban J connectivity index is 1.93. The van der Waals surface area contributed by atoms with Crippen LogP contribution in [0.2, 0.25) is 0 Å². The van der Waals surface area contributed by atoms with Crippen molar-refractivity contribution in [3.8, 4) is 0 Å². The standard InChI is InChI=1S/C25H33F3N4O4/c1-24(2,3)36-23(35)30-12-5-4-6-13-32(17-20(33)19-8-7-11-29-16-19)22(34)14-18-9-10-21(31-15-18)25(26,27)28/h7-11,15-16,20,33H,4-6,12-14,17H2,1-3H3,(H,30,35). The van der Waals surface area contributed by atoms with Crippen molar-refractivity contribution in [2.24, 2.45) is 0 Å². The molecule has 198 valence electrons. The van der Waals surface area contributed by atoms with E-state index in [9.17, 15) is 27.9 Å². The molecule has 36 heavy (non-hydrogen) atoms. The van der Waals surface area contributed by atoms with E-state index < -0.39 is 29.7 Å². The fourth-order valence-electron chi connectivity index (χ4n) is 3.30. The number of alkyl halides is 3. The van der Waals surface area contributed by atoms with E-state index in [0.717, 1.165) is 12.3 Å². The van der Waals surface area contributed by atoms with Crippen molar-refractivity contribution < 1.29 is 32.6 Å². The number of hydrogen-bond acceptors (Lipinski definition) is 6. The molecule has 8 nitrogen and oxygen atoms in total. The minimum atomic E-state index is -4.55. The van der Waals surface area contributed by atoms with Gasteiger partial charge in [-0.25, -0.2) is 4.79 Å². The topological polar surface area (TPSA) is 105 Å². The molecule has 0 spiro atoms. The number of hydrogen-bond donors (Lipinski definition) is 2. The van der Waals surface area contributed by atoms with Gasteiger partial charge in [-0.1, -0.05) is 12.1 Å². The van der Waals surface area contributed by atoms with Gasteiger partial charge < -0.3 is 20.1 Å². The first kappa shape index (κ1) is 29.0. The molecule has 2 aromatic rings. The van der Waals surface area contributed by atoms with E-state index in [0.29, 0.717) is 43.5 Å². The van der Waals surface area contributed by atoms with Crippen molar-refractivity contribution in [2.75, 3.05) is 19.6 Å². The highest BCUT2D eigenvalue weighted by Gasteiger charge is 2.32. The number of pyridine rings is 2. The molecule has 0 aliphatic heterocycles. The van der Waals surface area contributed by atoms with Gasteiger partial charge in [-0.3, -0.25) is 14.8 Å². The Hall–Kier alpha value is -3.21. The van der Waals surface area contributed by atoms with Gasteiger partial charge in [-0.15, -0.1) is 0 Å². The van der Waals surface area contributed by atoms with Crippen LogP contribution in [0.3, 0.4) is 0 Å². The van der Waals surface area contributed by atoms with Crippen LogP contribution in [-0.4, -0.2) is 57.2 Å². The Morgan fingerprint density at radius 1 is 1.11 bits per heavy atom. The summed E-state index contributed by atoms with van der Waals surface area (Å²) >= 11 is 0. The van der Waals surface area contributed by atoms with Crippen LogP contribution in [0.15, 0.2) is 42.9 Å². The van der Waals surface area contributed by atoms with Crippen LogP contribution in [0.4, 0.5) is 18.0 Å². The number of unbranched alkanes of at least 4 members (excludes halogenated alkanes) is 2. The maximum atomic E-state index is 13.0. The first-order valence-corrected chi connectivity index (χ1v) is 11.7. The molecule has 2 rings (SSSR count). The minimum absolute atomic E-state index is 0.00868. The van der Waals surface area contributed by atoms with Crippen molar-refractivity contribution in [3.05, 3.63) is 59.7 Å². The SMILES string of the molecule is CC(C)(C)OC(=O)NCCCCCN(CC(O)c1cccnc1)C(=O)Cc1ccc(C(F)(F)F)nc1. The van der Waals surface area contributed by atoms with Crippen molar-refractivity contribution in [1.82, 2.24) is 20.2 Å². The number of carbonyl (C=O) groups is 2. The number of amides is 2. The predicted octanol–water partition coefficient (Wildman–Crippen LogP) is 4.30. The molecule has 1 atom stereocenters. The molecule has 0 aliphatic carbocycles. The molecular formula is C25H33F3N4O4. The lowest BCUT2D eigenvalue weighted by Crippen LogP contribution is -2.37. The average Bonchev–Trinajstić information content (AvgIpc) is 2.79. The van der Waals surface area contributed by atoms with Crippen molar-refractivity contribution in [3.63, 3.8) is 0 Å². The van der Waals surface area contributed by atoms with Gasteiger partial charge in [0.2, 0.25) is 5.91 Å². The summed E-state index contributed by atoms with van der Waals surface area (Å²) in [5.74, 6) is -0.341. The van der Waals surface area contributed by atoms with E-state index in [1.165, 1.54) is 17.2 Å². The fourth-order valence-corrected chi connectivity index (χ4v) is 3.30. The Labute approximate surface area is 208 Å². The lowest BCUT2D eigenvalue weighted by molar-refractivity contribution is -0.141. The number of rotatable bonds is 11. The van der Waals surface area contributed by atoms with Gasteiger partial charge in [0, 0.05) is 37.2 Å². The van der Waals surface area contributed by atoms with Gasteiger partial charge in [0.1, 0.15) is 11.3 Å². The van der Waals surface area contributed by atoms with Crippen LogP contribution in [0.5, 0.6) is 0 Å². The van der Waals surface area contributed by atoms with Crippen LogP contribution < -0.4 is 5.32 Å². The van der Waals surface area contributed by atoms with Gasteiger partial charge in [-0.2, -0.15) is 13.2 Å². The summed E-state index contributed by atoms with van der Waals surface area (Å²) in [6.45, 7) is 6.08. The van der Waals surface area contributed by atoms with E-state index >= 15 is 0 Å². The number of aromatic nitrogens is 2. The molecule has 0 aliphatic rings. The summed E-state index contributed by atoms with van der Waals surface area (Å²) in [6.07, 6.45) is -0.0829. The quantitative estimate of drug-likeness (QED) is 0.437. The first-order valence-electron chi connectivity index (χ1n) is 11.7. The second kappa shape index (κ2) is 13.2. The highest BCUT2D eigenvalue weighted by Crippen LogP contribution is 2.27. The normalized spacial score (nSPS) is 12.6. The zero-order chi connectivity index (χ0) is 26.8. The molecule has 2 amide bonds. The molecule has 0 bridgehead atoms. The molecule has 0 radical (unpaired) electrons. The van der Waals surface area contributed by atoms with Crippen molar-refractivity contribution in [1.29, 1.82) is 0 Å². The summed E-state index contributed by atoms with van der Waals surface area (Å²) in [5.41, 5.74) is -0.714. The van der Waals surface area contributed by atoms with Crippen molar-refractivity contribution >= 4 is 12.0 Å². The minimum Gasteiger partial charge on any atom is -0.444 e. The lowest BCUT2D eigenvalue weighted by Gasteiger charge is -2.26. The number of aliphatic hydroxyl groups excluding tert-OH is 1. The maximum absolute atomic E-state index is 13.0. The van der Waals surface area contributed by atoms with E-state index in [1.807, 2.05) is 0 Å². The molecule has 0 saturated heterocycles. The zero-order valence-corrected chi connectivity index (χ0v) is 20.7. The monoisotopic (exact) mass is 510 g/mol. The molecular weight excluding hydrogens is 477 g/mol. The summed E-state index contributed by atoms with van der Waals surface area (Å²) < 4.78 is 43.5. The Morgan fingerprint density at radius 2 is 1.86 bits per heavy atom. The predicted molar refractivity (Wildman–Crippen MR) is 127 cm³/mol. The van der Waals surface area contributed by atoms with Crippen LogP contribution in [0.1, 0.15) is 63.0 Å². The second-order valence-corrected chi connectivity index (χ2v) is 9.36. The lowest BCUT2D eigenvalue weighted by atomic mass is 10.1. The van der Waals surface area contributed by atoms with Gasteiger partial charge >= 0.3 is 12.3 Å². The van der Waals surface area contributed by atoms with E-state index in [-0.39, 0.29) is 18.9 Å². The van der Waals surface area contributed by atoms with Crippen molar-refractivity contribution in [2.45, 2.75) is 64.3 Å². The number of alkyl carbamates (subject to hydrolysis) is 1. The maximum Gasteiger partial charge on any atom is 0.433 e. The van der Waals surface area contributed by atoms with E-state index in [4.69, 9.17) is 4.74 Å². The molecule has 0 saturated carbocycles. The third kappa shape index (κ3) is 10.6. The van der Waals surface area contributed by atoms with E-state index in [2.05, 4.69) is 15.3 Å². The second-order valence-electron chi connectivity index (χ2n) is 9.36. The summed E-state index contributed by atoms with van der Waals surface area (Å²) in [5, 5.41) is 13.3. The van der Waals surface area contributed by atoms with Gasteiger partial charge in [0.05, 0.1) is 19.1 Å². The number of ether oxygens (including phenoxy) is 1. The third-order valence-corrected chi connectivity index (χ3v) is 5.06. The zero-order valence-electron chi connectivity index (χ0n) is 20.7. The number of nitrogens with one attached hydrogen (secondary N) is 1. The Morgan fingerprint density at radius 3 is 2.44 bits per heavy atom. The largest absolute Gasteiger partial charge is 0.444 e. The smallest absolute Gasteiger partial charge is 0.433 e. The number of nitrogens with zero attached hydrogens (tertiary/aromatic N) is 3. The molecule has 0 fully saturated rings. The van der Waals surface area contributed by atoms with Gasteiger partial charge in [0.15, 0.2) is 0 Å². The molecule has 1 unspecified atom stereocenters. The molecule has 11 heteroatoms. The Kier molecular flexibility index (Phi) is 10.6. The third-order valence-electron chi connectivity index (χ3n) is 5.06. The number of carbonyl (C=O) groups excluding carboxylic acids is 2. The highest BCUT2D eigenvalue weighted by atomic mass is 19.4. The molecule has 0 aromatic carbocycles. The first-order chi connectivity index (χ1) is 16.8. The van der Waals surface area contributed by atoms with E-state index in [1.54, 1.807) is 39.1 Å². The molecule has 2 N–H and O–H groups in total. The summed E-state index contributed by atoms with van der Waals surface area (Å²) in [7, 11) is 0. The van der Waals surface area contributed by atoms with Crippen LogP contribution in [0, 0.1) is 0 Å². The highest BCUT2D eigenvalue weighted by molar-refractivity contribution is 5.78. The molecule has 2 aromatic heterocycles. The van der Waals surface area contributed by atoms with Crippen LogP contribution >= 0.6 is 0 Å². The van der Waals surface area contributed by atoms with Crippen LogP contribution in [-0.2, 0) is 22.1 Å². The van der Waals surface area contributed by atoms with Crippen LogP contribution in [0.25, 0.3) is 0 Å². The Bertz CT molecular complexity index is 964.